The molecular formula is C12H17NS. The van der Waals surface area contributed by atoms with Crippen molar-refractivity contribution in [1.82, 2.24) is 0 Å². The van der Waals surface area contributed by atoms with Gasteiger partial charge in [-0.05, 0) is 36.4 Å². The van der Waals surface area contributed by atoms with Crippen molar-refractivity contribution in [2.24, 2.45) is 5.73 Å². The number of hydrogen-bond donors (Lipinski definition) is 1. The van der Waals surface area contributed by atoms with Crippen LogP contribution in [0.3, 0.4) is 0 Å². The van der Waals surface area contributed by atoms with Crippen LogP contribution < -0.4 is 5.73 Å². The molecule has 1 unspecified atom stereocenters. The molecule has 0 saturated carbocycles. The molecule has 0 bridgehead atoms. The third kappa shape index (κ3) is 1.82. The van der Waals surface area contributed by atoms with Crippen LogP contribution in [0.5, 0.6) is 0 Å². The number of rotatable bonds is 3. The molecule has 76 valence electrons. The van der Waals surface area contributed by atoms with Gasteiger partial charge in [-0.1, -0.05) is 25.1 Å². The Kier molecular flexibility index (Phi) is 3.14. The van der Waals surface area contributed by atoms with Crippen molar-refractivity contribution >= 4 is 11.8 Å². The Labute approximate surface area is 90.1 Å². The quantitative estimate of drug-likeness (QED) is 0.825. The second-order valence-electron chi connectivity index (χ2n) is 3.94. The van der Waals surface area contributed by atoms with Gasteiger partial charge in [-0.3, -0.25) is 0 Å². The number of benzene rings is 1. The molecule has 0 aromatic heterocycles. The summed E-state index contributed by atoms with van der Waals surface area (Å²) in [6.07, 6.45) is 2.24. The highest BCUT2D eigenvalue weighted by Gasteiger charge is 2.20. The molecule has 1 nitrogen and oxygen atoms in total. The molecule has 1 atom stereocenters. The first-order chi connectivity index (χ1) is 6.83. The fourth-order valence-corrected chi connectivity index (χ4v) is 3.34. The van der Waals surface area contributed by atoms with Gasteiger partial charge >= 0.3 is 0 Å². The highest BCUT2D eigenvalue weighted by Crippen LogP contribution is 2.41. The van der Waals surface area contributed by atoms with Crippen molar-refractivity contribution in [3.8, 4) is 0 Å². The molecule has 1 aliphatic heterocycles. The van der Waals surface area contributed by atoms with E-state index in [4.69, 9.17) is 5.73 Å². The van der Waals surface area contributed by atoms with Crippen molar-refractivity contribution in [1.29, 1.82) is 0 Å². The van der Waals surface area contributed by atoms with Crippen molar-refractivity contribution in [2.75, 3.05) is 12.3 Å². The summed E-state index contributed by atoms with van der Waals surface area (Å²) < 4.78 is 0. The smallest absolute Gasteiger partial charge is 0.0139 e. The summed E-state index contributed by atoms with van der Waals surface area (Å²) >= 11 is 2.01. The Hall–Kier alpha value is -0.470. The average Bonchev–Trinajstić information content (AvgIpc) is 2.58. The minimum absolute atomic E-state index is 0.729. The van der Waals surface area contributed by atoms with Crippen LogP contribution in [0.25, 0.3) is 0 Å². The van der Waals surface area contributed by atoms with E-state index in [1.54, 1.807) is 5.56 Å². The lowest BCUT2D eigenvalue weighted by Gasteiger charge is -2.07. The summed E-state index contributed by atoms with van der Waals surface area (Å²) in [6.45, 7) is 3.11. The minimum atomic E-state index is 0.729. The Morgan fingerprint density at radius 3 is 3.14 bits per heavy atom. The van der Waals surface area contributed by atoms with E-state index in [1.165, 1.54) is 16.2 Å². The standard InChI is InChI=1S/C12H17NS/c1-9-8-14-12-10(5-3-7-13)4-2-6-11(9)12/h2,4,6,9H,3,5,7-8,13H2,1H3. The zero-order chi connectivity index (χ0) is 9.97. The molecular weight excluding hydrogens is 190 g/mol. The highest BCUT2D eigenvalue weighted by molar-refractivity contribution is 7.99. The third-order valence-electron chi connectivity index (χ3n) is 2.79. The Morgan fingerprint density at radius 2 is 2.36 bits per heavy atom. The van der Waals surface area contributed by atoms with Crippen LogP contribution in [0.15, 0.2) is 23.1 Å². The van der Waals surface area contributed by atoms with Crippen LogP contribution in [-0.4, -0.2) is 12.3 Å². The third-order valence-corrected chi connectivity index (χ3v) is 4.24. The Morgan fingerprint density at radius 1 is 1.50 bits per heavy atom. The Bertz CT molecular complexity index is 322. The number of nitrogens with two attached hydrogens (primary N) is 1. The molecule has 2 rings (SSSR count). The predicted molar refractivity (Wildman–Crippen MR) is 63.0 cm³/mol. The van der Waals surface area contributed by atoms with Gasteiger partial charge in [0.25, 0.3) is 0 Å². The van der Waals surface area contributed by atoms with Gasteiger partial charge < -0.3 is 5.73 Å². The largest absolute Gasteiger partial charge is 0.330 e. The van der Waals surface area contributed by atoms with Crippen LogP contribution in [0, 0.1) is 0 Å². The summed E-state index contributed by atoms with van der Waals surface area (Å²) in [5.41, 5.74) is 8.59. The van der Waals surface area contributed by atoms with Gasteiger partial charge in [0.1, 0.15) is 0 Å². The molecule has 0 aliphatic carbocycles. The molecule has 1 aliphatic rings. The van der Waals surface area contributed by atoms with Gasteiger partial charge in [-0.15, -0.1) is 11.8 Å². The van der Waals surface area contributed by atoms with Crippen LogP contribution in [0.1, 0.15) is 30.4 Å². The van der Waals surface area contributed by atoms with E-state index in [0.29, 0.717) is 0 Å². The molecule has 0 fully saturated rings. The molecule has 1 aromatic carbocycles. The van der Waals surface area contributed by atoms with Crippen molar-refractivity contribution in [3.63, 3.8) is 0 Å². The minimum Gasteiger partial charge on any atom is -0.330 e. The topological polar surface area (TPSA) is 26.0 Å². The summed E-state index contributed by atoms with van der Waals surface area (Å²) in [5.74, 6) is 1.97. The summed E-state index contributed by atoms with van der Waals surface area (Å²) in [7, 11) is 0. The SMILES string of the molecule is CC1CSc2c(CCCN)cccc21. The number of hydrogen-bond acceptors (Lipinski definition) is 2. The van der Waals surface area contributed by atoms with E-state index in [2.05, 4.69) is 25.1 Å². The lowest BCUT2D eigenvalue weighted by molar-refractivity contribution is 0.809. The monoisotopic (exact) mass is 207 g/mol. The van der Waals surface area contributed by atoms with Crippen LogP contribution in [0.4, 0.5) is 0 Å². The maximum atomic E-state index is 5.54. The maximum Gasteiger partial charge on any atom is 0.0139 e. The zero-order valence-corrected chi connectivity index (χ0v) is 9.44. The average molecular weight is 207 g/mol. The van der Waals surface area contributed by atoms with Crippen LogP contribution >= 0.6 is 11.8 Å². The lowest BCUT2D eigenvalue weighted by atomic mass is 9.99. The first-order valence-electron chi connectivity index (χ1n) is 5.27. The van der Waals surface area contributed by atoms with Crippen molar-refractivity contribution < 1.29 is 0 Å². The summed E-state index contributed by atoms with van der Waals surface area (Å²) in [4.78, 5) is 1.54. The molecule has 1 aromatic rings. The normalized spacial score (nSPS) is 19.7. The van der Waals surface area contributed by atoms with Gasteiger partial charge in [-0.25, -0.2) is 0 Å². The van der Waals surface area contributed by atoms with Crippen molar-refractivity contribution in [2.45, 2.75) is 30.6 Å². The van der Waals surface area contributed by atoms with E-state index >= 15 is 0 Å². The van der Waals surface area contributed by atoms with E-state index in [1.807, 2.05) is 11.8 Å². The number of thioether (sulfide) groups is 1. The number of aryl methyl sites for hydroxylation is 1. The van der Waals surface area contributed by atoms with Gasteiger partial charge in [0, 0.05) is 10.6 Å². The second-order valence-corrected chi connectivity index (χ2v) is 4.97. The van der Waals surface area contributed by atoms with Gasteiger partial charge in [0.15, 0.2) is 0 Å². The van der Waals surface area contributed by atoms with Crippen LogP contribution in [0.2, 0.25) is 0 Å². The molecule has 2 heteroatoms. The Balaban J connectivity index is 2.25. The summed E-state index contributed by atoms with van der Waals surface area (Å²) in [6, 6.07) is 6.71. The van der Waals surface area contributed by atoms with E-state index < -0.39 is 0 Å². The van der Waals surface area contributed by atoms with Gasteiger partial charge in [0.2, 0.25) is 0 Å². The molecule has 0 spiro atoms. The lowest BCUT2D eigenvalue weighted by Crippen LogP contribution is -2.01. The predicted octanol–water partition coefficient (Wildman–Crippen LogP) is 2.79. The molecule has 0 radical (unpaired) electrons. The van der Waals surface area contributed by atoms with E-state index in [-0.39, 0.29) is 0 Å². The van der Waals surface area contributed by atoms with E-state index in [0.717, 1.165) is 25.3 Å². The fraction of sp³-hybridized carbons (Fsp3) is 0.500. The highest BCUT2D eigenvalue weighted by atomic mass is 32.2. The molecule has 0 amide bonds. The summed E-state index contributed by atoms with van der Waals surface area (Å²) in [5, 5.41) is 0. The zero-order valence-electron chi connectivity index (χ0n) is 8.62. The van der Waals surface area contributed by atoms with Gasteiger partial charge in [0.05, 0.1) is 0 Å². The molecule has 14 heavy (non-hydrogen) atoms. The molecule has 1 heterocycles. The fourth-order valence-electron chi connectivity index (χ4n) is 1.96. The van der Waals surface area contributed by atoms with Crippen molar-refractivity contribution in [3.05, 3.63) is 29.3 Å². The first-order valence-corrected chi connectivity index (χ1v) is 6.26. The molecule has 2 N–H and O–H groups in total. The second kappa shape index (κ2) is 4.37. The number of fused-ring (bicyclic) bond motifs is 1. The van der Waals surface area contributed by atoms with Gasteiger partial charge in [-0.2, -0.15) is 0 Å². The van der Waals surface area contributed by atoms with E-state index in [9.17, 15) is 0 Å². The molecule has 0 saturated heterocycles. The van der Waals surface area contributed by atoms with Crippen LogP contribution in [-0.2, 0) is 6.42 Å². The first kappa shape index (κ1) is 10.1. The maximum absolute atomic E-state index is 5.54.